The number of carbonyl (C=O) groups excluding carboxylic acids is 1. The van der Waals surface area contributed by atoms with Gasteiger partial charge in [0.2, 0.25) is 0 Å². The van der Waals surface area contributed by atoms with Crippen molar-refractivity contribution in [1.82, 2.24) is 0 Å². The molecule has 0 bridgehead atoms. The molecular weight excluding hydrogens is 250 g/mol. The third-order valence-electron chi connectivity index (χ3n) is 1.54. The summed E-state index contributed by atoms with van der Waals surface area (Å²) in [5.41, 5.74) is 0. The molecule has 3 nitrogen and oxygen atoms in total. The van der Waals surface area contributed by atoms with E-state index in [1.807, 2.05) is 0 Å². The molecule has 0 heterocycles. The van der Waals surface area contributed by atoms with Gasteiger partial charge >= 0.3 is 29.6 Å². The Balaban J connectivity index is 0.00000196. The van der Waals surface area contributed by atoms with Gasteiger partial charge in [-0.2, -0.15) is 0 Å². The number of ether oxygens (including phenoxy) is 1. The molecule has 6 heteroatoms. The maximum absolute atomic E-state index is 10.4. The summed E-state index contributed by atoms with van der Waals surface area (Å²) in [4.78, 5) is 10.4. The minimum absolute atomic E-state index is 0. The molecule has 0 spiro atoms. The predicted molar refractivity (Wildman–Crippen MR) is 51.6 cm³/mol. The molecule has 0 aliphatic carbocycles. The van der Waals surface area contributed by atoms with Gasteiger partial charge in [-0.15, -0.1) is 0 Å². The van der Waals surface area contributed by atoms with Crippen LogP contribution in [0.2, 0.25) is 10.0 Å². The monoisotopic (exact) mass is 256 g/mol. The Kier molecular flexibility index (Phi) is 6.64. The Morgan fingerprint density at radius 3 is 2.47 bits per heavy atom. The van der Waals surface area contributed by atoms with Crippen LogP contribution in [0.25, 0.3) is 0 Å². The van der Waals surface area contributed by atoms with Crippen molar-refractivity contribution >= 4 is 29.2 Å². The summed E-state index contributed by atoms with van der Waals surface area (Å²) in [6.07, 6.45) is -1.02. The van der Waals surface area contributed by atoms with Crippen LogP contribution in [0.4, 0.5) is 0 Å². The van der Waals surface area contributed by atoms with Gasteiger partial charge in [-0.05, 0) is 19.1 Å². The molecule has 0 saturated heterocycles. The zero-order valence-electron chi connectivity index (χ0n) is 8.29. The van der Waals surface area contributed by atoms with E-state index in [2.05, 4.69) is 0 Å². The summed E-state index contributed by atoms with van der Waals surface area (Å²) in [5, 5.41) is 11.1. The minimum Gasteiger partial charge on any atom is -0.546 e. The molecule has 0 saturated carbocycles. The van der Waals surface area contributed by atoms with E-state index >= 15 is 0 Å². The van der Waals surface area contributed by atoms with Gasteiger partial charge in [0.15, 0.2) is 0 Å². The van der Waals surface area contributed by atoms with Gasteiger partial charge in [-0.25, -0.2) is 0 Å². The van der Waals surface area contributed by atoms with Crippen molar-refractivity contribution in [3.05, 3.63) is 28.2 Å². The summed E-state index contributed by atoms with van der Waals surface area (Å²) in [5.74, 6) is -0.938. The fourth-order valence-electron chi connectivity index (χ4n) is 0.802. The molecule has 0 aliphatic rings. The van der Waals surface area contributed by atoms with Crippen molar-refractivity contribution < 1.29 is 44.2 Å². The summed E-state index contributed by atoms with van der Waals surface area (Å²) in [7, 11) is 0. The second kappa shape index (κ2) is 6.61. The minimum atomic E-state index is -1.28. The third-order valence-corrected chi connectivity index (χ3v) is 2.27. The maximum atomic E-state index is 10.4. The largest absolute Gasteiger partial charge is 1.00 e. The van der Waals surface area contributed by atoms with Crippen molar-refractivity contribution in [2.75, 3.05) is 0 Å². The number of aliphatic carboxylic acids is 1. The molecule has 1 aromatic carbocycles. The Hall–Kier alpha value is 0.0700. The van der Waals surface area contributed by atoms with Gasteiger partial charge in [0.25, 0.3) is 0 Å². The Bertz CT molecular complexity index is 357. The van der Waals surface area contributed by atoms with Crippen LogP contribution in [-0.4, -0.2) is 12.1 Å². The van der Waals surface area contributed by atoms with Crippen LogP contribution in [0.1, 0.15) is 6.92 Å². The topological polar surface area (TPSA) is 49.4 Å². The zero-order chi connectivity index (χ0) is 10.7. The van der Waals surface area contributed by atoms with E-state index in [0.717, 1.165) is 0 Å². The predicted octanol–water partition coefficient (Wildman–Crippen LogP) is -1.49. The summed E-state index contributed by atoms with van der Waals surface area (Å²) in [6, 6.07) is 4.51. The number of carboxylic acid groups (broad SMARTS) is 1. The van der Waals surface area contributed by atoms with Crippen molar-refractivity contribution in [1.29, 1.82) is 0 Å². The van der Waals surface area contributed by atoms with E-state index < -0.39 is 12.1 Å². The Labute approximate surface area is 120 Å². The maximum Gasteiger partial charge on any atom is 1.00 e. The first-order valence-corrected chi connectivity index (χ1v) is 4.59. The van der Waals surface area contributed by atoms with Crippen LogP contribution in [0.15, 0.2) is 18.2 Å². The molecular formula is C9H7Cl2NaO3. The fraction of sp³-hybridized carbons (Fsp3) is 0.222. The standard InChI is InChI=1S/C9H8Cl2O3.Na/c1-5(9(12)13)14-6-2-3-7(10)8(11)4-6;/h2-5H,1H3,(H,12,13);/q;+1/p-1. The average molecular weight is 257 g/mol. The molecule has 1 rings (SSSR count). The SMILES string of the molecule is CC(Oc1ccc(Cl)c(Cl)c1)C(=O)[O-].[Na+]. The molecule has 0 aliphatic heterocycles. The number of halogens is 2. The number of carboxylic acids is 1. The molecule has 0 amide bonds. The van der Waals surface area contributed by atoms with Gasteiger partial charge < -0.3 is 14.6 Å². The van der Waals surface area contributed by atoms with E-state index in [-0.39, 0.29) is 29.6 Å². The smallest absolute Gasteiger partial charge is 0.546 e. The van der Waals surface area contributed by atoms with Crippen LogP contribution in [0.5, 0.6) is 5.75 Å². The van der Waals surface area contributed by atoms with E-state index in [0.29, 0.717) is 15.8 Å². The van der Waals surface area contributed by atoms with E-state index in [1.165, 1.54) is 25.1 Å². The second-order valence-corrected chi connectivity index (χ2v) is 3.47. The molecule has 0 N–H and O–H groups in total. The molecule has 1 unspecified atom stereocenters. The molecule has 1 atom stereocenters. The van der Waals surface area contributed by atoms with Crippen molar-refractivity contribution in [3.8, 4) is 5.75 Å². The third kappa shape index (κ3) is 4.62. The van der Waals surface area contributed by atoms with Crippen LogP contribution in [-0.2, 0) is 4.79 Å². The first-order chi connectivity index (χ1) is 6.50. The first-order valence-electron chi connectivity index (χ1n) is 3.83. The molecule has 15 heavy (non-hydrogen) atoms. The van der Waals surface area contributed by atoms with Gasteiger partial charge in [0, 0.05) is 6.07 Å². The van der Waals surface area contributed by atoms with E-state index in [4.69, 9.17) is 27.9 Å². The fourth-order valence-corrected chi connectivity index (χ4v) is 1.09. The number of hydrogen-bond acceptors (Lipinski definition) is 3. The number of benzene rings is 1. The second-order valence-electron chi connectivity index (χ2n) is 2.66. The van der Waals surface area contributed by atoms with Gasteiger partial charge in [0.1, 0.15) is 11.9 Å². The van der Waals surface area contributed by atoms with Crippen molar-refractivity contribution in [2.45, 2.75) is 13.0 Å². The number of rotatable bonds is 3. The Morgan fingerprint density at radius 1 is 1.40 bits per heavy atom. The summed E-state index contributed by atoms with van der Waals surface area (Å²) < 4.78 is 5.01. The zero-order valence-corrected chi connectivity index (χ0v) is 11.8. The van der Waals surface area contributed by atoms with Crippen molar-refractivity contribution in [3.63, 3.8) is 0 Å². The van der Waals surface area contributed by atoms with Gasteiger partial charge in [-0.3, -0.25) is 0 Å². The normalized spacial score (nSPS) is 11.4. The molecule has 0 radical (unpaired) electrons. The van der Waals surface area contributed by atoms with Crippen LogP contribution < -0.4 is 39.4 Å². The van der Waals surface area contributed by atoms with Crippen LogP contribution in [0.3, 0.4) is 0 Å². The van der Waals surface area contributed by atoms with E-state index in [1.54, 1.807) is 0 Å². The quantitative estimate of drug-likeness (QED) is 0.620. The summed E-state index contributed by atoms with van der Waals surface area (Å²) >= 11 is 11.4. The van der Waals surface area contributed by atoms with Crippen LogP contribution >= 0.6 is 23.2 Å². The van der Waals surface area contributed by atoms with E-state index in [9.17, 15) is 9.90 Å². The van der Waals surface area contributed by atoms with Crippen LogP contribution in [0, 0.1) is 0 Å². The molecule has 76 valence electrons. The van der Waals surface area contributed by atoms with Gasteiger partial charge in [-0.1, -0.05) is 23.2 Å². The Morgan fingerprint density at radius 2 is 2.00 bits per heavy atom. The molecule has 0 aromatic heterocycles. The molecule has 1 aromatic rings. The van der Waals surface area contributed by atoms with Gasteiger partial charge in [0.05, 0.1) is 16.0 Å². The number of hydrogen-bond donors (Lipinski definition) is 0. The molecule has 0 fully saturated rings. The summed E-state index contributed by atoms with van der Waals surface area (Å²) in [6.45, 7) is 1.37. The first kappa shape index (κ1) is 15.1. The van der Waals surface area contributed by atoms with Crippen molar-refractivity contribution in [2.24, 2.45) is 0 Å². The number of carbonyl (C=O) groups is 1. The average Bonchev–Trinajstić information content (AvgIpc) is 2.11.